The molecule has 20 N–H and O–H groups in total. The minimum absolute atomic E-state index is 0.00359. The van der Waals surface area contributed by atoms with E-state index >= 15 is 4.79 Å². The molecule has 1 unspecified atom stereocenters. The molecule has 5 aliphatic rings. The van der Waals surface area contributed by atoms with Crippen molar-refractivity contribution in [2.45, 2.75) is 170 Å². The average molecular weight is 1210 g/mol. The first-order valence-corrected chi connectivity index (χ1v) is 29.3. The van der Waals surface area contributed by atoms with E-state index in [9.17, 15) is 53.7 Å². The molecule has 6 rings (SSSR count). The number of carboxylic acids is 1. The summed E-state index contributed by atoms with van der Waals surface area (Å²) in [6.07, 6.45) is 3.78. The minimum atomic E-state index is -1.28. The van der Waals surface area contributed by atoms with E-state index in [1.165, 1.54) is 11.8 Å². The number of nitrogens with zero attached hydrogens (tertiary/aromatic N) is 7. The molecule has 0 spiro atoms. The van der Waals surface area contributed by atoms with E-state index in [1.54, 1.807) is 9.80 Å². The molecule has 3 saturated heterocycles. The molecule has 85 heavy (non-hydrogen) atoms. The number of aliphatic hydroxyl groups is 2. The predicted octanol–water partition coefficient (Wildman–Crippen LogP) is -4.83. The summed E-state index contributed by atoms with van der Waals surface area (Å²) in [6.45, 7) is 0.211. The molecule has 468 valence electrons. The zero-order valence-corrected chi connectivity index (χ0v) is 48.8. The zero-order chi connectivity index (χ0) is 62.1. The van der Waals surface area contributed by atoms with Crippen LogP contribution in [0.3, 0.4) is 0 Å². The predicted molar refractivity (Wildman–Crippen MR) is 315 cm³/mol. The van der Waals surface area contributed by atoms with Crippen LogP contribution in [0.4, 0.5) is 0 Å². The molecule has 11 atom stereocenters. The molecule has 0 bridgehead atoms. The van der Waals surface area contributed by atoms with Crippen molar-refractivity contribution < 1.29 is 58.5 Å². The molecule has 8 amide bonds. The number of carbonyl (C=O) groups is 9. The van der Waals surface area contributed by atoms with Crippen LogP contribution in [0.2, 0.25) is 0 Å². The quantitative estimate of drug-likeness (QED) is 0.0170. The van der Waals surface area contributed by atoms with Gasteiger partial charge in [-0.2, -0.15) is 0 Å². The number of rotatable bonds is 27. The number of benzene rings is 1. The molecule has 4 fully saturated rings. The van der Waals surface area contributed by atoms with E-state index in [1.807, 2.05) is 24.3 Å². The highest BCUT2D eigenvalue weighted by atomic mass is 32.1. The third-order valence-electron chi connectivity index (χ3n) is 16.1. The standard InChI is InChI=1S/C54H84N18O12S/c1-29(74)65-34(13-6-18-61-52(55)56)44(77)67-35(14-7-19-62-53(57)58)47(80)69-21-9-17-39(69)48(81)70-27-33(75)24-40(70)45(78)64-25-43(76)66-37(28-73)50(85)71-26-32-12-3-2-10-30(32)22-42(71)49(82)72-38-16-5-4-11-31(38)23-41(72)46(79)68-36(51(83)84)15-8-20-63-54(59)60/h2-3,10,12,31,33-42,73,75H,4-9,11,13-28H2,1H3,(H,64,78)(H,65,74)(H,66,76)(H,67,77)(H,68,79)(H,83,84)(H4,55,56,61)(H4,57,58,62)(H4,59,60,63)/t31-,33?,34+,35-,36-,37-,38-,39-,40-,41-,42+/m0/s1. The lowest BCUT2D eigenvalue weighted by Crippen LogP contribution is -2.62. The average Bonchev–Trinajstić information content (AvgIpc) is 2.10. The number of aliphatic carboxylic acids is 1. The lowest BCUT2D eigenvalue weighted by molar-refractivity contribution is -0.148. The zero-order valence-electron chi connectivity index (χ0n) is 47.9. The van der Waals surface area contributed by atoms with Crippen molar-refractivity contribution >= 4 is 88.3 Å². The number of aliphatic hydroxyl groups excluding tert-OH is 2. The van der Waals surface area contributed by atoms with Crippen molar-refractivity contribution in [2.24, 2.45) is 55.3 Å². The Morgan fingerprint density at radius 2 is 1.27 bits per heavy atom. The molecule has 1 saturated carbocycles. The molecule has 1 aliphatic carbocycles. The van der Waals surface area contributed by atoms with Gasteiger partial charge in [-0.15, -0.1) is 0 Å². The number of thiocarbonyl (C=S) groups is 1. The van der Waals surface area contributed by atoms with E-state index < -0.39 is 121 Å². The van der Waals surface area contributed by atoms with E-state index in [0.29, 0.717) is 25.7 Å². The molecule has 4 heterocycles. The summed E-state index contributed by atoms with van der Waals surface area (Å²) >= 11 is 6.01. The number of amides is 8. The molecule has 1 aromatic carbocycles. The number of carbonyl (C=O) groups excluding carboxylic acids is 8. The van der Waals surface area contributed by atoms with Crippen LogP contribution in [0.1, 0.15) is 108 Å². The number of aliphatic imine (C=N–C) groups is 3. The largest absolute Gasteiger partial charge is 0.480 e. The number of fused-ring (bicyclic) bond motifs is 2. The Bertz CT molecular complexity index is 2700. The summed E-state index contributed by atoms with van der Waals surface area (Å²) in [7, 11) is 0. The first-order chi connectivity index (χ1) is 40.5. The van der Waals surface area contributed by atoms with Gasteiger partial charge in [-0.1, -0.05) is 49.3 Å². The molecule has 30 nitrogen and oxygen atoms in total. The van der Waals surface area contributed by atoms with Crippen LogP contribution in [-0.4, -0.2) is 217 Å². The molecular weight excluding hydrogens is 1120 g/mol. The lowest BCUT2D eigenvalue weighted by Gasteiger charge is -2.43. The van der Waals surface area contributed by atoms with Gasteiger partial charge < -0.3 is 95.9 Å². The van der Waals surface area contributed by atoms with E-state index in [0.717, 1.165) is 35.3 Å². The van der Waals surface area contributed by atoms with Gasteiger partial charge in [-0.3, -0.25) is 53.3 Å². The summed E-state index contributed by atoms with van der Waals surface area (Å²) in [4.78, 5) is 142. The Morgan fingerprint density at radius 1 is 0.659 bits per heavy atom. The SMILES string of the molecule is CC(=O)N[C@H](CCCN=C(N)N)C(=O)N[C@@H](CCCN=C(N)N)C(=O)N1CCC[C@H]1C(=O)N1CC(O)C[C@H]1C(=O)NCC(=O)N[C@@H](CO)C(=S)N1Cc2ccccc2C[C@@H]1C(=O)N1[C@H](C(=O)N[C@@H](CCCN=C(N)N)C(=O)O)C[C@@H]2CCCC[C@@H]21. The Morgan fingerprint density at radius 3 is 1.88 bits per heavy atom. The van der Waals surface area contributed by atoms with Crippen LogP contribution in [0.25, 0.3) is 0 Å². The van der Waals surface area contributed by atoms with Gasteiger partial charge in [0.2, 0.25) is 47.3 Å². The van der Waals surface area contributed by atoms with Gasteiger partial charge in [0.1, 0.15) is 53.3 Å². The van der Waals surface area contributed by atoms with Crippen molar-refractivity contribution in [1.82, 2.24) is 46.2 Å². The second kappa shape index (κ2) is 31.3. The highest BCUT2D eigenvalue weighted by molar-refractivity contribution is 7.80. The number of hydrogen-bond donors (Lipinski definition) is 14. The first-order valence-electron chi connectivity index (χ1n) is 28.9. The summed E-state index contributed by atoms with van der Waals surface area (Å²) in [5, 5.41) is 45.0. The van der Waals surface area contributed by atoms with Crippen molar-refractivity contribution in [2.75, 3.05) is 45.9 Å². The monoisotopic (exact) mass is 1210 g/mol. The van der Waals surface area contributed by atoms with Gasteiger partial charge in [-0.05, 0) is 87.7 Å². The van der Waals surface area contributed by atoms with Crippen LogP contribution >= 0.6 is 12.2 Å². The van der Waals surface area contributed by atoms with Gasteiger partial charge in [-0.25, -0.2) is 4.79 Å². The molecule has 31 heteroatoms. The highest BCUT2D eigenvalue weighted by Crippen LogP contribution is 2.41. The van der Waals surface area contributed by atoms with Crippen molar-refractivity contribution in [3.63, 3.8) is 0 Å². The number of hydrogen-bond acceptors (Lipinski definition) is 15. The maximum atomic E-state index is 15.3. The van der Waals surface area contributed by atoms with Gasteiger partial charge in [0.25, 0.3) is 0 Å². The Balaban J connectivity index is 1.13. The third-order valence-corrected chi connectivity index (χ3v) is 16.7. The fourth-order valence-electron chi connectivity index (χ4n) is 12.1. The second-order valence-corrected chi connectivity index (χ2v) is 22.6. The maximum absolute atomic E-state index is 15.3. The van der Waals surface area contributed by atoms with Crippen molar-refractivity contribution in [3.8, 4) is 0 Å². The molecule has 4 aliphatic heterocycles. The molecule has 0 radical (unpaired) electrons. The van der Waals surface area contributed by atoms with Crippen LogP contribution in [0, 0.1) is 5.92 Å². The van der Waals surface area contributed by atoms with Crippen LogP contribution in [0.15, 0.2) is 39.2 Å². The normalized spacial score (nSPS) is 22.9. The fraction of sp³-hybridized carbons (Fsp3) is 0.648. The number of carboxylic acid groups (broad SMARTS) is 1. The van der Waals surface area contributed by atoms with Crippen LogP contribution in [-0.2, 0) is 56.1 Å². The van der Waals surface area contributed by atoms with Crippen LogP contribution < -0.4 is 61.0 Å². The van der Waals surface area contributed by atoms with Gasteiger partial charge in [0.15, 0.2) is 17.9 Å². The number of likely N-dealkylation sites (tertiary alicyclic amines) is 3. The van der Waals surface area contributed by atoms with Gasteiger partial charge in [0.05, 0.1) is 19.3 Å². The fourth-order valence-corrected chi connectivity index (χ4v) is 12.5. The topological polar surface area (TPSA) is 481 Å². The van der Waals surface area contributed by atoms with E-state index in [-0.39, 0.29) is 125 Å². The van der Waals surface area contributed by atoms with Gasteiger partial charge in [0, 0.05) is 65.1 Å². The number of guanidine groups is 3. The lowest BCUT2D eigenvalue weighted by atomic mass is 9.84. The Hall–Kier alpha value is -7.93. The third kappa shape index (κ3) is 18.0. The second-order valence-electron chi connectivity index (χ2n) is 22.2. The van der Waals surface area contributed by atoms with E-state index in [4.69, 9.17) is 46.6 Å². The maximum Gasteiger partial charge on any atom is 0.326 e. The molecule has 0 aromatic heterocycles. The van der Waals surface area contributed by atoms with E-state index in [2.05, 4.69) is 41.6 Å². The highest BCUT2D eigenvalue weighted by Gasteiger charge is 2.51. The number of β-amino-alcohol motifs (C(OH)–C–C–N with tert-alkyl or cyclic N) is 1. The first kappa shape index (κ1) is 66.2. The smallest absolute Gasteiger partial charge is 0.326 e. The number of nitrogens with two attached hydrogens (primary N) is 6. The Labute approximate surface area is 498 Å². The Kier molecular flexibility index (Phi) is 24.4. The molecular formula is C54H84N18O12S. The van der Waals surface area contributed by atoms with Crippen molar-refractivity contribution in [3.05, 3.63) is 35.4 Å². The van der Waals surface area contributed by atoms with Crippen molar-refractivity contribution in [1.29, 1.82) is 0 Å². The summed E-state index contributed by atoms with van der Waals surface area (Å²) in [6, 6.07) is -2.12. The summed E-state index contributed by atoms with van der Waals surface area (Å²) in [5.41, 5.74) is 34.4. The number of nitrogens with one attached hydrogen (secondary N) is 5. The molecule has 1 aromatic rings. The summed E-state index contributed by atoms with van der Waals surface area (Å²) < 4.78 is 0. The van der Waals surface area contributed by atoms with Crippen LogP contribution in [0.5, 0.6) is 0 Å². The summed E-state index contributed by atoms with van der Waals surface area (Å²) in [5.74, 6) is -6.82. The van der Waals surface area contributed by atoms with Gasteiger partial charge >= 0.3 is 5.97 Å². The minimum Gasteiger partial charge on any atom is -0.480 e.